The Morgan fingerprint density at radius 1 is 0.471 bits per heavy atom. The van der Waals surface area contributed by atoms with Crippen molar-refractivity contribution < 1.29 is 47.5 Å². The summed E-state index contributed by atoms with van der Waals surface area (Å²) in [6, 6.07) is 36.6. The van der Waals surface area contributed by atoms with Crippen molar-refractivity contribution in [3.05, 3.63) is 166 Å². The van der Waals surface area contributed by atoms with E-state index in [1.807, 2.05) is 98.8 Å². The second kappa shape index (κ2) is 23.4. The Kier molecular flexibility index (Phi) is 18.0. The van der Waals surface area contributed by atoms with Gasteiger partial charge in [0.1, 0.15) is 47.8 Å². The van der Waals surface area contributed by atoms with E-state index in [-0.39, 0.29) is 34.3 Å². The van der Waals surface area contributed by atoms with Gasteiger partial charge in [0.25, 0.3) is 0 Å². The second-order valence-electron chi connectivity index (χ2n) is 19.1. The van der Waals surface area contributed by atoms with Crippen LogP contribution >= 0.6 is 0 Å². The maximum Gasteiger partial charge on any atom is 0.306 e. The first-order valence-electron chi connectivity index (χ1n) is 23.1. The van der Waals surface area contributed by atoms with Crippen molar-refractivity contribution in [2.45, 2.75) is 105 Å². The number of ether oxygens (including phenoxy) is 4. The van der Waals surface area contributed by atoms with Crippen molar-refractivity contribution >= 4 is 11.9 Å². The molecular weight excluding hydrogens is 863 g/mol. The second-order valence-corrected chi connectivity index (χ2v) is 19.1. The largest absolute Gasteiger partial charge is 0.497 e. The molecule has 0 saturated carbocycles. The van der Waals surface area contributed by atoms with Crippen LogP contribution in [0.2, 0.25) is 0 Å². The molecule has 360 valence electrons. The van der Waals surface area contributed by atoms with Gasteiger partial charge in [-0.2, -0.15) is 0 Å². The summed E-state index contributed by atoms with van der Waals surface area (Å²) in [4.78, 5) is 22.6. The minimum Gasteiger partial charge on any atom is -0.497 e. The summed E-state index contributed by atoms with van der Waals surface area (Å²) in [5.41, 5.74) is 8.14. The monoisotopic (exact) mass is 928 g/mol. The van der Waals surface area contributed by atoms with Gasteiger partial charge in [-0.3, -0.25) is 9.59 Å². The lowest BCUT2D eigenvalue weighted by atomic mass is 9.81. The number of aliphatic carboxylic acids is 2. The first kappa shape index (κ1) is 52.3. The number of halogens is 2. The number of hydrogen-bond acceptors (Lipinski definition) is 6. The number of carbonyl (C=O) groups is 2. The van der Waals surface area contributed by atoms with Gasteiger partial charge in [0.2, 0.25) is 0 Å². The molecule has 0 saturated heterocycles. The minimum atomic E-state index is -0.773. The molecule has 0 radical (unpaired) electrons. The quantitative estimate of drug-likeness (QED) is 0.0877. The topological polar surface area (TPSA) is 112 Å². The van der Waals surface area contributed by atoms with Gasteiger partial charge in [-0.1, -0.05) is 104 Å². The van der Waals surface area contributed by atoms with E-state index in [2.05, 4.69) is 41.5 Å². The Morgan fingerprint density at radius 2 is 0.794 bits per heavy atom. The number of carboxylic acids is 2. The normalized spacial score (nSPS) is 12.3. The number of methoxy groups -OCH3 is 2. The lowest BCUT2D eigenvalue weighted by Crippen LogP contribution is -2.15. The average Bonchev–Trinajstić information content (AvgIpc) is 3.31. The molecule has 2 N–H and O–H groups in total. The zero-order chi connectivity index (χ0) is 49.8. The van der Waals surface area contributed by atoms with Crippen LogP contribution in [-0.4, -0.2) is 36.4 Å². The van der Waals surface area contributed by atoms with Crippen LogP contribution in [0.4, 0.5) is 8.78 Å². The van der Waals surface area contributed by atoms with E-state index < -0.39 is 11.9 Å². The van der Waals surface area contributed by atoms with Gasteiger partial charge in [0.05, 0.1) is 26.1 Å². The molecule has 8 nitrogen and oxygen atoms in total. The lowest BCUT2D eigenvalue weighted by molar-refractivity contribution is -0.142. The van der Waals surface area contributed by atoms with E-state index in [1.165, 1.54) is 12.1 Å². The van der Waals surface area contributed by atoms with Crippen molar-refractivity contribution in [1.82, 2.24) is 0 Å². The molecule has 0 aliphatic carbocycles. The van der Waals surface area contributed by atoms with Gasteiger partial charge in [-0.05, 0) is 154 Å². The van der Waals surface area contributed by atoms with Crippen LogP contribution in [0.3, 0.4) is 0 Å². The SMILES string of the molecule is CC[C@@H](Cc1ccc(OCc2ccc(C(C)(C)C)c(-c3cc(OC)ccc3F)c2)cc1)C(=O)O.CC[C@H](Cc1ccc(OCc2ccc(C(C)(C)C)c(-c3cc(OC)ccc3F)c2)cc1)C(=O)O. The Hall–Kier alpha value is -6.68. The summed E-state index contributed by atoms with van der Waals surface area (Å²) in [6.45, 7) is 17.1. The third-order valence-electron chi connectivity index (χ3n) is 12.0. The van der Waals surface area contributed by atoms with Crippen LogP contribution in [0, 0.1) is 23.5 Å². The molecule has 68 heavy (non-hydrogen) atoms. The van der Waals surface area contributed by atoms with Gasteiger partial charge >= 0.3 is 11.9 Å². The summed E-state index contributed by atoms with van der Waals surface area (Å²) >= 11 is 0. The van der Waals surface area contributed by atoms with Crippen LogP contribution in [0.25, 0.3) is 22.3 Å². The van der Waals surface area contributed by atoms with Crippen molar-refractivity contribution in [3.63, 3.8) is 0 Å². The third kappa shape index (κ3) is 14.2. The van der Waals surface area contributed by atoms with Crippen molar-refractivity contribution in [1.29, 1.82) is 0 Å². The van der Waals surface area contributed by atoms with Gasteiger partial charge < -0.3 is 29.2 Å². The molecular formula is C58H66F2O8. The molecule has 6 aromatic rings. The molecule has 0 aromatic heterocycles. The third-order valence-corrected chi connectivity index (χ3v) is 12.0. The van der Waals surface area contributed by atoms with Crippen LogP contribution in [0.5, 0.6) is 23.0 Å². The predicted molar refractivity (Wildman–Crippen MR) is 266 cm³/mol. The summed E-state index contributed by atoms with van der Waals surface area (Å²) in [7, 11) is 3.14. The molecule has 6 rings (SSSR count). The summed E-state index contributed by atoms with van der Waals surface area (Å²) in [5, 5.41) is 18.5. The number of hydrogen-bond donors (Lipinski definition) is 2. The highest BCUT2D eigenvalue weighted by Crippen LogP contribution is 2.38. The lowest BCUT2D eigenvalue weighted by Gasteiger charge is -2.24. The van der Waals surface area contributed by atoms with Gasteiger partial charge in [-0.25, -0.2) is 8.78 Å². The zero-order valence-corrected chi connectivity index (χ0v) is 41.0. The Morgan fingerprint density at radius 3 is 1.09 bits per heavy atom. The molecule has 0 heterocycles. The first-order chi connectivity index (χ1) is 32.2. The van der Waals surface area contributed by atoms with E-state index in [4.69, 9.17) is 18.9 Å². The highest BCUT2D eigenvalue weighted by molar-refractivity contribution is 5.73. The Labute approximate surface area is 400 Å². The fourth-order valence-corrected chi connectivity index (χ4v) is 7.95. The molecule has 6 aromatic carbocycles. The standard InChI is InChI=1S/2C29H33FO4/c2*1-6-21(28(31)32)15-19-7-10-22(11-8-19)34-18-20-9-13-26(29(2,3)4)24(16-20)25-17-23(33-5)12-14-27(25)30/h2*7-14,16-17,21H,6,15,18H2,1-5H3,(H,31,32)/t2*21-/m10/s1. The molecule has 0 fully saturated rings. The number of benzene rings is 6. The smallest absolute Gasteiger partial charge is 0.306 e. The highest BCUT2D eigenvalue weighted by Gasteiger charge is 2.24. The zero-order valence-electron chi connectivity index (χ0n) is 41.0. The summed E-state index contributed by atoms with van der Waals surface area (Å²) in [5.74, 6) is -0.320. The highest BCUT2D eigenvalue weighted by atomic mass is 19.1. The molecule has 0 amide bonds. The van der Waals surface area contributed by atoms with E-state index in [1.54, 1.807) is 38.5 Å². The number of rotatable bonds is 18. The van der Waals surface area contributed by atoms with Crippen LogP contribution in [0.15, 0.2) is 121 Å². The first-order valence-corrected chi connectivity index (χ1v) is 23.1. The maximum atomic E-state index is 14.8. The van der Waals surface area contributed by atoms with Crippen LogP contribution in [0.1, 0.15) is 102 Å². The van der Waals surface area contributed by atoms with Crippen molar-refractivity contribution in [2.75, 3.05) is 14.2 Å². The van der Waals surface area contributed by atoms with Gasteiger partial charge in [0.15, 0.2) is 0 Å². The molecule has 10 heteroatoms. The van der Waals surface area contributed by atoms with Gasteiger partial charge in [0, 0.05) is 11.1 Å². The van der Waals surface area contributed by atoms with E-state index in [9.17, 15) is 28.6 Å². The van der Waals surface area contributed by atoms with Gasteiger partial charge in [-0.15, -0.1) is 0 Å². The molecule has 0 aliphatic rings. The molecule has 0 spiro atoms. The van der Waals surface area contributed by atoms with E-state index in [0.29, 0.717) is 73.0 Å². The Balaban J connectivity index is 0.000000254. The fraction of sp³-hybridized carbons (Fsp3) is 0.345. The van der Waals surface area contributed by atoms with Crippen molar-refractivity contribution in [3.8, 4) is 45.3 Å². The van der Waals surface area contributed by atoms with Crippen molar-refractivity contribution in [2.24, 2.45) is 11.8 Å². The minimum absolute atomic E-state index is 0.174. The van der Waals surface area contributed by atoms with E-state index in [0.717, 1.165) is 44.5 Å². The average molecular weight is 929 g/mol. The Bertz CT molecular complexity index is 2440. The summed E-state index contributed by atoms with van der Waals surface area (Å²) in [6.07, 6.45) is 2.18. The number of carboxylic acid groups (broad SMARTS) is 2. The predicted octanol–water partition coefficient (Wildman–Crippen LogP) is 14.1. The molecule has 2 atom stereocenters. The van der Waals surface area contributed by atoms with Crippen LogP contribution < -0.4 is 18.9 Å². The maximum absolute atomic E-state index is 14.8. The fourth-order valence-electron chi connectivity index (χ4n) is 7.95. The van der Waals surface area contributed by atoms with Crippen LogP contribution in [-0.2, 0) is 46.5 Å². The molecule has 0 unspecified atom stereocenters. The van der Waals surface area contributed by atoms with E-state index >= 15 is 0 Å². The molecule has 0 aliphatic heterocycles. The molecule has 0 bridgehead atoms. The summed E-state index contributed by atoms with van der Waals surface area (Å²) < 4.78 is 52.3.